The van der Waals surface area contributed by atoms with Crippen molar-refractivity contribution in [2.45, 2.75) is 0 Å². The van der Waals surface area contributed by atoms with Gasteiger partial charge in [-0.3, -0.25) is 9.97 Å². The average Bonchev–Trinajstić information content (AvgIpc) is 3.04. The van der Waals surface area contributed by atoms with Crippen molar-refractivity contribution >= 4 is 5.65 Å². The Morgan fingerprint density at radius 3 is 2.62 bits per heavy atom. The first-order valence-corrected chi connectivity index (χ1v) is 7.08. The highest BCUT2D eigenvalue weighted by molar-refractivity contribution is 5.77. The van der Waals surface area contributed by atoms with E-state index in [-0.39, 0.29) is 0 Å². The molecule has 0 unspecified atom stereocenters. The lowest BCUT2D eigenvalue weighted by atomic mass is 10.1. The maximum atomic E-state index is 13.1. The molecule has 4 heterocycles. The molecule has 0 fully saturated rings. The Bertz CT molecular complexity index is 1080. The van der Waals surface area contributed by atoms with Crippen LogP contribution in [0.5, 0.6) is 0 Å². The largest absolute Gasteiger partial charge is 0.254 e. The monoisotopic (exact) mass is 316 g/mol. The number of imidazole rings is 1. The van der Waals surface area contributed by atoms with Crippen molar-refractivity contribution in [3.8, 4) is 28.7 Å². The van der Waals surface area contributed by atoms with E-state index in [0.717, 1.165) is 11.8 Å². The summed E-state index contributed by atoms with van der Waals surface area (Å²) in [5, 5.41) is 13.6. The van der Waals surface area contributed by atoms with Crippen molar-refractivity contribution in [1.82, 2.24) is 24.6 Å². The van der Waals surface area contributed by atoms with Gasteiger partial charge in [0, 0.05) is 11.8 Å². The summed E-state index contributed by atoms with van der Waals surface area (Å²) in [6, 6.07) is 12.2. The lowest BCUT2D eigenvalue weighted by Gasteiger charge is -2.08. The molecular formula is C17H9FN6. The number of hydrogen-bond donors (Lipinski definition) is 0. The van der Waals surface area contributed by atoms with Crippen LogP contribution in [0.2, 0.25) is 0 Å². The van der Waals surface area contributed by atoms with Crippen LogP contribution in [0.1, 0.15) is 5.69 Å². The third-order valence-electron chi connectivity index (χ3n) is 3.53. The fourth-order valence-corrected chi connectivity index (χ4v) is 2.43. The Hall–Kier alpha value is -3.66. The molecule has 0 radical (unpaired) electrons. The molecule has 114 valence electrons. The number of hydrogen-bond acceptors (Lipinski definition) is 5. The van der Waals surface area contributed by atoms with Gasteiger partial charge in [-0.05, 0) is 36.4 Å². The third-order valence-corrected chi connectivity index (χ3v) is 3.53. The Labute approximate surface area is 135 Å². The summed E-state index contributed by atoms with van der Waals surface area (Å²) in [5.74, 6) is -0.409. The Balaban J connectivity index is 1.91. The van der Waals surface area contributed by atoms with E-state index in [1.807, 2.05) is 12.1 Å². The lowest BCUT2D eigenvalue weighted by Crippen LogP contribution is -1.99. The maximum Gasteiger partial charge on any atom is 0.162 e. The molecule has 0 saturated heterocycles. The van der Waals surface area contributed by atoms with Gasteiger partial charge in [-0.1, -0.05) is 0 Å². The number of rotatable bonds is 2. The molecule has 7 heteroatoms. The van der Waals surface area contributed by atoms with Crippen LogP contribution in [-0.4, -0.2) is 24.6 Å². The summed E-state index contributed by atoms with van der Waals surface area (Å²) in [5.41, 5.74) is 3.41. The van der Waals surface area contributed by atoms with Crippen LogP contribution in [0.3, 0.4) is 0 Å². The van der Waals surface area contributed by atoms with Gasteiger partial charge in [0.05, 0.1) is 29.5 Å². The van der Waals surface area contributed by atoms with Gasteiger partial charge in [0.1, 0.15) is 11.9 Å². The van der Waals surface area contributed by atoms with E-state index in [0.29, 0.717) is 28.4 Å². The highest BCUT2D eigenvalue weighted by atomic mass is 19.1. The summed E-state index contributed by atoms with van der Waals surface area (Å²) in [6.45, 7) is 0. The minimum absolute atomic E-state index is 0.345. The quantitative estimate of drug-likeness (QED) is 0.568. The minimum Gasteiger partial charge on any atom is -0.254 e. The van der Waals surface area contributed by atoms with Crippen LogP contribution in [0, 0.1) is 17.1 Å². The summed E-state index contributed by atoms with van der Waals surface area (Å²) >= 11 is 0. The first-order chi connectivity index (χ1) is 11.8. The number of pyridine rings is 2. The van der Waals surface area contributed by atoms with E-state index in [1.165, 1.54) is 16.8 Å². The number of fused-ring (bicyclic) bond motifs is 1. The van der Waals surface area contributed by atoms with Gasteiger partial charge in [0.2, 0.25) is 0 Å². The summed E-state index contributed by atoms with van der Waals surface area (Å²) in [6.07, 6.45) is 4.26. The van der Waals surface area contributed by atoms with Crippen LogP contribution in [0.4, 0.5) is 4.39 Å². The minimum atomic E-state index is -0.409. The molecule has 4 aromatic rings. The zero-order valence-electron chi connectivity index (χ0n) is 12.3. The fraction of sp³-hybridized carbons (Fsp3) is 0. The molecule has 0 aliphatic rings. The third kappa shape index (κ3) is 2.27. The van der Waals surface area contributed by atoms with Gasteiger partial charge in [-0.15, -0.1) is 0 Å². The van der Waals surface area contributed by atoms with Crippen molar-refractivity contribution in [3.63, 3.8) is 0 Å². The standard InChI is InChI=1S/C17H9FN6/c18-11-3-4-15(21-9-11)17-13(2-1-7-20-17)14-5-6-16-22-10-12(8-19)24(16)23-14/h1-7,9-10H. The van der Waals surface area contributed by atoms with Crippen LogP contribution in [0.25, 0.3) is 28.3 Å². The number of nitrogens with zero attached hydrogens (tertiary/aromatic N) is 6. The second-order valence-corrected chi connectivity index (χ2v) is 5.01. The van der Waals surface area contributed by atoms with Crippen LogP contribution < -0.4 is 0 Å². The van der Waals surface area contributed by atoms with E-state index in [2.05, 4.69) is 20.1 Å². The van der Waals surface area contributed by atoms with Crippen LogP contribution in [-0.2, 0) is 0 Å². The van der Waals surface area contributed by atoms with E-state index in [4.69, 9.17) is 5.26 Å². The smallest absolute Gasteiger partial charge is 0.162 e. The summed E-state index contributed by atoms with van der Waals surface area (Å²) < 4.78 is 14.6. The van der Waals surface area contributed by atoms with Gasteiger partial charge in [0.25, 0.3) is 0 Å². The molecule has 0 saturated carbocycles. The van der Waals surface area contributed by atoms with Crippen molar-refractivity contribution in [1.29, 1.82) is 5.26 Å². The Morgan fingerprint density at radius 2 is 1.83 bits per heavy atom. The van der Waals surface area contributed by atoms with E-state index < -0.39 is 5.82 Å². The molecule has 24 heavy (non-hydrogen) atoms. The molecule has 0 bridgehead atoms. The molecule has 0 aliphatic carbocycles. The second kappa shape index (κ2) is 5.52. The molecule has 4 aromatic heterocycles. The molecule has 0 N–H and O–H groups in total. The predicted octanol–water partition coefficient (Wildman–Crippen LogP) is 2.86. The fourth-order valence-electron chi connectivity index (χ4n) is 2.43. The second-order valence-electron chi connectivity index (χ2n) is 5.01. The first-order valence-electron chi connectivity index (χ1n) is 7.08. The van der Waals surface area contributed by atoms with Crippen LogP contribution >= 0.6 is 0 Å². The van der Waals surface area contributed by atoms with Gasteiger partial charge < -0.3 is 0 Å². The van der Waals surface area contributed by atoms with Crippen molar-refractivity contribution in [2.24, 2.45) is 0 Å². The van der Waals surface area contributed by atoms with E-state index >= 15 is 0 Å². The molecular weight excluding hydrogens is 307 g/mol. The van der Waals surface area contributed by atoms with E-state index in [1.54, 1.807) is 30.5 Å². The Morgan fingerprint density at radius 1 is 0.958 bits per heavy atom. The van der Waals surface area contributed by atoms with Gasteiger partial charge in [0.15, 0.2) is 11.3 Å². The molecule has 4 rings (SSSR count). The average molecular weight is 316 g/mol. The topological polar surface area (TPSA) is 79.8 Å². The van der Waals surface area contributed by atoms with Crippen molar-refractivity contribution < 1.29 is 4.39 Å². The summed E-state index contributed by atoms with van der Waals surface area (Å²) in [7, 11) is 0. The van der Waals surface area contributed by atoms with Crippen LogP contribution in [0.15, 0.2) is 55.0 Å². The number of halogens is 1. The molecule has 0 amide bonds. The molecule has 0 spiro atoms. The first kappa shape index (κ1) is 14.0. The van der Waals surface area contributed by atoms with Crippen molar-refractivity contribution in [3.05, 3.63) is 66.5 Å². The molecule has 0 aliphatic heterocycles. The van der Waals surface area contributed by atoms with Gasteiger partial charge >= 0.3 is 0 Å². The highest BCUT2D eigenvalue weighted by Gasteiger charge is 2.13. The van der Waals surface area contributed by atoms with Gasteiger partial charge in [-0.25, -0.2) is 13.9 Å². The molecule has 0 atom stereocenters. The Kier molecular flexibility index (Phi) is 3.21. The highest BCUT2D eigenvalue weighted by Crippen LogP contribution is 2.27. The molecule has 6 nitrogen and oxygen atoms in total. The normalized spacial score (nSPS) is 10.7. The lowest BCUT2D eigenvalue weighted by molar-refractivity contribution is 0.622. The number of nitriles is 1. The van der Waals surface area contributed by atoms with Gasteiger partial charge in [-0.2, -0.15) is 10.4 Å². The van der Waals surface area contributed by atoms with E-state index in [9.17, 15) is 4.39 Å². The molecule has 0 aromatic carbocycles. The summed E-state index contributed by atoms with van der Waals surface area (Å²) in [4.78, 5) is 12.6. The number of aromatic nitrogens is 5. The zero-order valence-corrected chi connectivity index (χ0v) is 12.3. The zero-order chi connectivity index (χ0) is 16.5. The maximum absolute atomic E-state index is 13.1. The SMILES string of the molecule is N#Cc1cnc2ccc(-c3cccnc3-c3ccc(F)cn3)nn12. The predicted molar refractivity (Wildman–Crippen MR) is 84.1 cm³/mol. The van der Waals surface area contributed by atoms with Crippen molar-refractivity contribution in [2.75, 3.05) is 0 Å².